The molecule has 0 bridgehead atoms. The number of nitrogens with one attached hydrogen (secondary N) is 1. The Hall–Kier alpha value is -1.22. The van der Waals surface area contributed by atoms with Gasteiger partial charge >= 0.3 is 0 Å². The zero-order valence-electron chi connectivity index (χ0n) is 12.4. The van der Waals surface area contributed by atoms with Crippen LogP contribution >= 0.6 is 0 Å². The molecular formula is C16H25NO2. The molecule has 19 heavy (non-hydrogen) atoms. The molecule has 1 fully saturated rings. The molecule has 0 spiro atoms. The first kappa shape index (κ1) is 14.2. The maximum absolute atomic E-state index is 5.38. The molecule has 106 valence electrons. The highest BCUT2D eigenvalue weighted by atomic mass is 16.5. The fraction of sp³-hybridized carbons (Fsp3) is 0.625. The third-order valence-electron chi connectivity index (χ3n) is 4.01. The number of benzene rings is 1. The molecule has 3 nitrogen and oxygen atoms in total. The zero-order valence-corrected chi connectivity index (χ0v) is 12.4. The van der Waals surface area contributed by atoms with Crippen molar-refractivity contribution in [2.75, 3.05) is 14.2 Å². The second-order valence-corrected chi connectivity index (χ2v) is 5.37. The SMILES string of the molecule is CCC(NC(C)C1CC1)c1ccc(OC)c(OC)c1. The molecule has 0 radical (unpaired) electrons. The van der Waals surface area contributed by atoms with Crippen LogP contribution in [-0.2, 0) is 0 Å². The Bertz CT molecular complexity index is 415. The maximum atomic E-state index is 5.38. The first-order chi connectivity index (χ1) is 9.19. The molecule has 0 aliphatic heterocycles. The molecule has 2 rings (SSSR count). The van der Waals surface area contributed by atoms with Gasteiger partial charge in [0.2, 0.25) is 0 Å². The minimum Gasteiger partial charge on any atom is -0.493 e. The van der Waals surface area contributed by atoms with Crippen LogP contribution in [-0.4, -0.2) is 20.3 Å². The lowest BCUT2D eigenvalue weighted by molar-refractivity contribution is 0.352. The maximum Gasteiger partial charge on any atom is 0.161 e. The van der Waals surface area contributed by atoms with Crippen molar-refractivity contribution in [3.63, 3.8) is 0 Å². The summed E-state index contributed by atoms with van der Waals surface area (Å²) in [5.74, 6) is 2.46. The van der Waals surface area contributed by atoms with Crippen LogP contribution in [0.5, 0.6) is 11.5 Å². The number of methoxy groups -OCH3 is 2. The summed E-state index contributed by atoms with van der Waals surface area (Å²) in [6.45, 7) is 4.51. The second-order valence-electron chi connectivity index (χ2n) is 5.37. The lowest BCUT2D eigenvalue weighted by Gasteiger charge is -2.23. The minimum atomic E-state index is 0.385. The van der Waals surface area contributed by atoms with E-state index in [1.165, 1.54) is 18.4 Å². The smallest absolute Gasteiger partial charge is 0.161 e. The van der Waals surface area contributed by atoms with Gasteiger partial charge in [-0.25, -0.2) is 0 Å². The third kappa shape index (κ3) is 3.41. The van der Waals surface area contributed by atoms with Crippen LogP contribution < -0.4 is 14.8 Å². The van der Waals surface area contributed by atoms with E-state index in [0.717, 1.165) is 23.8 Å². The Balaban J connectivity index is 2.12. The van der Waals surface area contributed by atoms with Gasteiger partial charge in [0.25, 0.3) is 0 Å². The number of ether oxygens (including phenoxy) is 2. The highest BCUT2D eigenvalue weighted by Crippen LogP contribution is 2.35. The van der Waals surface area contributed by atoms with Crippen molar-refractivity contribution in [1.82, 2.24) is 5.32 Å². The predicted molar refractivity (Wildman–Crippen MR) is 77.9 cm³/mol. The molecule has 1 N–H and O–H groups in total. The summed E-state index contributed by atoms with van der Waals surface area (Å²) in [7, 11) is 3.35. The molecule has 0 aromatic heterocycles. The van der Waals surface area contributed by atoms with Gasteiger partial charge in [0, 0.05) is 12.1 Å². The topological polar surface area (TPSA) is 30.5 Å². The van der Waals surface area contributed by atoms with E-state index in [4.69, 9.17) is 9.47 Å². The predicted octanol–water partition coefficient (Wildman–Crippen LogP) is 3.54. The summed E-state index contributed by atoms with van der Waals surface area (Å²) in [5, 5.41) is 3.74. The summed E-state index contributed by atoms with van der Waals surface area (Å²) in [4.78, 5) is 0. The van der Waals surface area contributed by atoms with E-state index in [0.29, 0.717) is 12.1 Å². The summed E-state index contributed by atoms with van der Waals surface area (Å²) < 4.78 is 10.7. The van der Waals surface area contributed by atoms with E-state index in [-0.39, 0.29) is 0 Å². The first-order valence-corrected chi connectivity index (χ1v) is 7.17. The van der Waals surface area contributed by atoms with Crippen LogP contribution in [0, 0.1) is 5.92 Å². The van der Waals surface area contributed by atoms with Crippen molar-refractivity contribution >= 4 is 0 Å². The normalized spacial score (nSPS) is 17.9. The van der Waals surface area contributed by atoms with Crippen molar-refractivity contribution in [1.29, 1.82) is 0 Å². The van der Waals surface area contributed by atoms with Crippen LogP contribution in [0.3, 0.4) is 0 Å². The van der Waals surface area contributed by atoms with E-state index in [1.807, 2.05) is 6.07 Å². The van der Waals surface area contributed by atoms with E-state index < -0.39 is 0 Å². The highest BCUT2D eigenvalue weighted by molar-refractivity contribution is 5.43. The molecular weight excluding hydrogens is 238 g/mol. The molecule has 0 saturated heterocycles. The molecule has 0 amide bonds. The van der Waals surface area contributed by atoms with E-state index in [1.54, 1.807) is 14.2 Å². The van der Waals surface area contributed by atoms with Crippen molar-refractivity contribution in [2.45, 2.75) is 45.2 Å². The lowest BCUT2D eigenvalue weighted by atomic mass is 10.0. The van der Waals surface area contributed by atoms with Crippen LogP contribution in [0.25, 0.3) is 0 Å². The van der Waals surface area contributed by atoms with Crippen LogP contribution in [0.1, 0.15) is 44.7 Å². The Morgan fingerprint density at radius 1 is 1.21 bits per heavy atom. The molecule has 1 aliphatic carbocycles. The molecule has 3 heteroatoms. The van der Waals surface area contributed by atoms with Crippen molar-refractivity contribution in [3.05, 3.63) is 23.8 Å². The van der Waals surface area contributed by atoms with Crippen molar-refractivity contribution < 1.29 is 9.47 Å². The quantitative estimate of drug-likeness (QED) is 0.816. The molecule has 2 unspecified atom stereocenters. The van der Waals surface area contributed by atoms with E-state index in [2.05, 4.69) is 31.3 Å². The zero-order chi connectivity index (χ0) is 13.8. The van der Waals surface area contributed by atoms with E-state index >= 15 is 0 Å². The Morgan fingerprint density at radius 3 is 2.42 bits per heavy atom. The second kappa shape index (κ2) is 6.29. The Morgan fingerprint density at radius 2 is 1.89 bits per heavy atom. The summed E-state index contributed by atoms with van der Waals surface area (Å²) >= 11 is 0. The molecule has 1 aromatic carbocycles. The fourth-order valence-corrected chi connectivity index (χ4v) is 2.57. The molecule has 1 aromatic rings. The monoisotopic (exact) mass is 263 g/mol. The van der Waals surface area contributed by atoms with Gasteiger partial charge in [-0.1, -0.05) is 13.0 Å². The summed E-state index contributed by atoms with van der Waals surface area (Å²) in [5.41, 5.74) is 1.27. The highest BCUT2D eigenvalue weighted by Gasteiger charge is 2.29. The van der Waals surface area contributed by atoms with E-state index in [9.17, 15) is 0 Å². The summed E-state index contributed by atoms with van der Waals surface area (Å²) in [6.07, 6.45) is 3.82. The molecule has 1 saturated carbocycles. The van der Waals surface area contributed by atoms with Gasteiger partial charge in [0.15, 0.2) is 11.5 Å². The van der Waals surface area contributed by atoms with Crippen LogP contribution in [0.2, 0.25) is 0 Å². The van der Waals surface area contributed by atoms with Gasteiger partial charge < -0.3 is 14.8 Å². The van der Waals surface area contributed by atoms with Gasteiger partial charge in [-0.2, -0.15) is 0 Å². The van der Waals surface area contributed by atoms with Crippen molar-refractivity contribution in [3.8, 4) is 11.5 Å². The van der Waals surface area contributed by atoms with Gasteiger partial charge in [-0.15, -0.1) is 0 Å². The molecule has 1 aliphatic rings. The largest absolute Gasteiger partial charge is 0.493 e. The van der Waals surface area contributed by atoms with Crippen LogP contribution in [0.15, 0.2) is 18.2 Å². The lowest BCUT2D eigenvalue weighted by Crippen LogP contribution is -2.31. The fourth-order valence-electron chi connectivity index (χ4n) is 2.57. The number of rotatable bonds is 7. The molecule has 0 heterocycles. The third-order valence-corrected chi connectivity index (χ3v) is 4.01. The Labute approximate surface area is 116 Å². The minimum absolute atomic E-state index is 0.385. The molecule has 2 atom stereocenters. The summed E-state index contributed by atoms with van der Waals surface area (Å²) in [6, 6.07) is 7.18. The Kier molecular flexibility index (Phi) is 4.70. The van der Waals surface area contributed by atoms with Gasteiger partial charge in [-0.3, -0.25) is 0 Å². The number of hydrogen-bond acceptors (Lipinski definition) is 3. The van der Waals surface area contributed by atoms with Gasteiger partial charge in [-0.05, 0) is 49.8 Å². The average molecular weight is 263 g/mol. The van der Waals surface area contributed by atoms with Gasteiger partial charge in [0.1, 0.15) is 0 Å². The first-order valence-electron chi connectivity index (χ1n) is 7.17. The average Bonchev–Trinajstić information content (AvgIpc) is 3.28. The van der Waals surface area contributed by atoms with Crippen LogP contribution in [0.4, 0.5) is 0 Å². The number of hydrogen-bond donors (Lipinski definition) is 1. The van der Waals surface area contributed by atoms with Crippen molar-refractivity contribution in [2.24, 2.45) is 5.92 Å². The standard InChI is InChI=1S/C16H25NO2/c1-5-14(17-11(2)12-6-7-12)13-8-9-15(18-3)16(10-13)19-4/h8-12,14,17H,5-7H2,1-4H3. The van der Waals surface area contributed by atoms with Gasteiger partial charge in [0.05, 0.1) is 14.2 Å².